The van der Waals surface area contributed by atoms with Crippen molar-refractivity contribution in [3.05, 3.63) is 29.8 Å². The molecule has 2 N–H and O–H groups in total. The SMILES string of the molecule is NN1C(=O)C(CC(=O)N2CCOCC2)(C2CCCCC2)c2ccccc21. The minimum Gasteiger partial charge on any atom is -0.378 e. The highest BCUT2D eigenvalue weighted by molar-refractivity contribution is 6.09. The lowest BCUT2D eigenvalue weighted by Gasteiger charge is -2.39. The molecule has 1 unspecified atom stereocenters. The summed E-state index contributed by atoms with van der Waals surface area (Å²) in [6.45, 7) is 2.33. The molecule has 1 saturated heterocycles. The highest BCUT2D eigenvalue weighted by atomic mass is 16.5. The lowest BCUT2D eigenvalue weighted by molar-refractivity contribution is -0.141. The standard InChI is InChI=1S/C20H27N3O3/c21-23-17-9-5-4-8-16(17)20(19(23)25,15-6-2-1-3-7-15)14-18(24)22-10-12-26-13-11-22/h4-5,8-9,15H,1-3,6-7,10-14,21H2. The summed E-state index contributed by atoms with van der Waals surface area (Å²) in [4.78, 5) is 28.4. The van der Waals surface area contributed by atoms with Gasteiger partial charge in [0.05, 0.1) is 24.3 Å². The second-order valence-electron chi connectivity index (χ2n) is 7.67. The highest BCUT2D eigenvalue weighted by Gasteiger charge is 2.56. The van der Waals surface area contributed by atoms with Gasteiger partial charge in [0.15, 0.2) is 0 Å². The van der Waals surface area contributed by atoms with Gasteiger partial charge in [0.2, 0.25) is 5.91 Å². The van der Waals surface area contributed by atoms with Crippen molar-refractivity contribution in [1.82, 2.24) is 4.90 Å². The van der Waals surface area contributed by atoms with Gasteiger partial charge in [0.25, 0.3) is 5.91 Å². The number of rotatable bonds is 3. The first-order chi connectivity index (χ1) is 12.6. The molecule has 0 radical (unpaired) electrons. The third kappa shape index (κ3) is 2.72. The number of anilines is 1. The van der Waals surface area contributed by atoms with E-state index in [0.717, 1.165) is 36.9 Å². The summed E-state index contributed by atoms with van der Waals surface area (Å²) in [7, 11) is 0. The Kier molecular flexibility index (Phi) is 4.71. The molecule has 1 aromatic carbocycles. The van der Waals surface area contributed by atoms with E-state index in [9.17, 15) is 9.59 Å². The molecule has 1 saturated carbocycles. The van der Waals surface area contributed by atoms with Crippen LogP contribution in [-0.2, 0) is 19.7 Å². The Labute approximate surface area is 154 Å². The fourth-order valence-electron chi connectivity index (χ4n) is 4.97. The third-order valence-corrected chi connectivity index (χ3v) is 6.34. The van der Waals surface area contributed by atoms with Crippen molar-refractivity contribution >= 4 is 17.5 Å². The van der Waals surface area contributed by atoms with Crippen molar-refractivity contribution in [2.75, 3.05) is 31.3 Å². The minimum atomic E-state index is -0.818. The van der Waals surface area contributed by atoms with E-state index in [1.807, 2.05) is 29.2 Å². The summed E-state index contributed by atoms with van der Waals surface area (Å²) in [5, 5.41) is 1.27. The molecule has 0 bridgehead atoms. The number of benzene rings is 1. The summed E-state index contributed by atoms with van der Waals surface area (Å²) in [5.74, 6) is 6.26. The summed E-state index contributed by atoms with van der Waals surface area (Å²) in [5.41, 5.74) is 0.861. The number of hydrogen-bond acceptors (Lipinski definition) is 4. The summed E-state index contributed by atoms with van der Waals surface area (Å²) in [6.07, 6.45) is 5.58. The van der Waals surface area contributed by atoms with Crippen molar-refractivity contribution in [3.8, 4) is 0 Å². The van der Waals surface area contributed by atoms with Crippen LogP contribution >= 0.6 is 0 Å². The van der Waals surface area contributed by atoms with E-state index in [-0.39, 0.29) is 24.2 Å². The van der Waals surface area contributed by atoms with Crippen LogP contribution in [0.2, 0.25) is 0 Å². The van der Waals surface area contributed by atoms with Gasteiger partial charge in [0.1, 0.15) is 0 Å². The Morgan fingerprint density at radius 1 is 1.15 bits per heavy atom. The fraction of sp³-hybridized carbons (Fsp3) is 0.600. The van der Waals surface area contributed by atoms with Crippen LogP contribution in [0.15, 0.2) is 24.3 Å². The first-order valence-electron chi connectivity index (χ1n) is 9.69. The number of ether oxygens (including phenoxy) is 1. The van der Waals surface area contributed by atoms with E-state index in [1.165, 1.54) is 11.4 Å². The number of nitrogens with two attached hydrogens (primary N) is 1. The maximum atomic E-state index is 13.4. The molecule has 1 aliphatic carbocycles. The molecule has 26 heavy (non-hydrogen) atoms. The molecule has 0 spiro atoms. The number of hydrogen-bond donors (Lipinski definition) is 1. The minimum absolute atomic E-state index is 0.0392. The Hall–Kier alpha value is -1.92. The van der Waals surface area contributed by atoms with Crippen molar-refractivity contribution < 1.29 is 14.3 Å². The Balaban J connectivity index is 1.73. The monoisotopic (exact) mass is 357 g/mol. The maximum Gasteiger partial charge on any atom is 0.252 e. The summed E-state index contributed by atoms with van der Waals surface area (Å²) < 4.78 is 5.37. The van der Waals surface area contributed by atoms with E-state index in [2.05, 4.69) is 0 Å². The lowest BCUT2D eigenvalue weighted by Crippen LogP contribution is -2.52. The molecule has 0 aromatic heterocycles. The summed E-state index contributed by atoms with van der Waals surface area (Å²) in [6, 6.07) is 7.72. The molecule has 4 rings (SSSR count). The number of para-hydroxylation sites is 1. The molecule has 1 atom stereocenters. The number of morpholine rings is 1. The van der Waals surface area contributed by atoms with Gasteiger partial charge in [-0.2, -0.15) is 0 Å². The maximum absolute atomic E-state index is 13.4. The zero-order valence-corrected chi connectivity index (χ0v) is 15.2. The smallest absolute Gasteiger partial charge is 0.252 e. The Morgan fingerprint density at radius 2 is 1.85 bits per heavy atom. The molecule has 2 heterocycles. The van der Waals surface area contributed by atoms with Crippen molar-refractivity contribution in [2.24, 2.45) is 11.8 Å². The number of carbonyl (C=O) groups is 2. The van der Waals surface area contributed by atoms with Crippen molar-refractivity contribution in [1.29, 1.82) is 0 Å². The first-order valence-corrected chi connectivity index (χ1v) is 9.69. The molecule has 140 valence electrons. The van der Waals surface area contributed by atoms with E-state index >= 15 is 0 Å². The van der Waals surface area contributed by atoms with Crippen LogP contribution in [0, 0.1) is 5.92 Å². The molecule has 3 aliphatic rings. The zero-order chi connectivity index (χ0) is 18.1. The van der Waals surface area contributed by atoms with Gasteiger partial charge in [-0.1, -0.05) is 37.5 Å². The molecule has 2 amide bonds. The van der Waals surface area contributed by atoms with E-state index < -0.39 is 5.41 Å². The highest BCUT2D eigenvalue weighted by Crippen LogP contribution is 2.51. The number of fused-ring (bicyclic) bond motifs is 1. The van der Waals surface area contributed by atoms with Crippen LogP contribution in [0.25, 0.3) is 0 Å². The quantitative estimate of drug-likeness (QED) is 0.663. The Morgan fingerprint density at radius 3 is 2.58 bits per heavy atom. The number of carbonyl (C=O) groups excluding carboxylic acids is 2. The van der Waals surface area contributed by atoms with Gasteiger partial charge < -0.3 is 9.64 Å². The van der Waals surface area contributed by atoms with Crippen LogP contribution in [0.1, 0.15) is 44.1 Å². The average molecular weight is 357 g/mol. The topological polar surface area (TPSA) is 75.9 Å². The zero-order valence-electron chi connectivity index (χ0n) is 15.2. The third-order valence-electron chi connectivity index (χ3n) is 6.34. The van der Waals surface area contributed by atoms with Gasteiger partial charge in [0, 0.05) is 19.5 Å². The van der Waals surface area contributed by atoms with Gasteiger partial charge in [-0.3, -0.25) is 9.59 Å². The van der Waals surface area contributed by atoms with Crippen molar-refractivity contribution in [2.45, 2.75) is 43.9 Å². The molecule has 2 fully saturated rings. The normalized spacial score (nSPS) is 26.9. The second-order valence-corrected chi connectivity index (χ2v) is 7.67. The van der Waals surface area contributed by atoms with E-state index in [0.29, 0.717) is 26.3 Å². The number of nitrogens with zero attached hydrogens (tertiary/aromatic N) is 2. The summed E-state index contributed by atoms with van der Waals surface area (Å²) >= 11 is 0. The first kappa shape index (κ1) is 17.5. The van der Waals surface area contributed by atoms with Crippen LogP contribution in [-0.4, -0.2) is 43.0 Å². The fourth-order valence-corrected chi connectivity index (χ4v) is 4.97. The molecule has 2 aliphatic heterocycles. The Bertz CT molecular complexity index is 695. The molecular weight excluding hydrogens is 330 g/mol. The van der Waals surface area contributed by atoms with Crippen LogP contribution in [0.3, 0.4) is 0 Å². The van der Waals surface area contributed by atoms with E-state index in [1.54, 1.807) is 0 Å². The van der Waals surface area contributed by atoms with Gasteiger partial charge in [-0.05, 0) is 30.4 Å². The van der Waals surface area contributed by atoms with Gasteiger partial charge >= 0.3 is 0 Å². The second kappa shape index (κ2) is 7.00. The molecular formula is C20H27N3O3. The largest absolute Gasteiger partial charge is 0.378 e. The van der Waals surface area contributed by atoms with Gasteiger partial charge in [-0.25, -0.2) is 10.9 Å². The van der Waals surface area contributed by atoms with E-state index in [4.69, 9.17) is 10.6 Å². The predicted molar refractivity (Wildman–Crippen MR) is 98.4 cm³/mol. The molecule has 6 nitrogen and oxygen atoms in total. The number of amides is 2. The van der Waals surface area contributed by atoms with Crippen molar-refractivity contribution in [3.63, 3.8) is 0 Å². The average Bonchev–Trinajstić information content (AvgIpc) is 2.92. The number of hydrazine groups is 1. The van der Waals surface area contributed by atoms with Crippen LogP contribution < -0.4 is 10.9 Å². The van der Waals surface area contributed by atoms with Gasteiger partial charge in [-0.15, -0.1) is 0 Å². The van der Waals surface area contributed by atoms with Crippen LogP contribution in [0.5, 0.6) is 0 Å². The molecule has 6 heteroatoms. The molecule has 1 aromatic rings. The predicted octanol–water partition coefficient (Wildman–Crippen LogP) is 1.97. The lowest BCUT2D eigenvalue weighted by atomic mass is 9.63. The van der Waals surface area contributed by atoms with Crippen LogP contribution in [0.4, 0.5) is 5.69 Å².